The first-order valence-electron chi connectivity index (χ1n) is 23.6. The van der Waals surface area contributed by atoms with Gasteiger partial charge in [-0.25, -0.2) is 15.0 Å². The summed E-state index contributed by atoms with van der Waals surface area (Å²) in [5, 5.41) is 34.6. The summed E-state index contributed by atoms with van der Waals surface area (Å²) in [6.45, 7) is 56.0. The van der Waals surface area contributed by atoms with Crippen molar-refractivity contribution in [2.24, 2.45) is 0 Å². The summed E-state index contributed by atoms with van der Waals surface area (Å²) in [7, 11) is 0. The van der Waals surface area contributed by atoms with Crippen LogP contribution < -0.4 is 0 Å². The molecule has 0 aliphatic carbocycles. The standard InChI is InChI=1S/C3H3NO.C3H3NS.2C2H2N2O.2C2H2N2S.14C2H6.CHN3O.CHN3S.CH4/c2*1-2-5-3-4-1;1-3-4-2-5-1;1-3-2-5-4-1;1-3-4-2-5-1;1-3-2-5-4-1;14*1-2;2*1-2-3-4-5-1;/h2*1-3H;4*1-2H;14*1-2H3;2*1H;1H4. The molecular formula is C45H104N16O4S4. The molecule has 0 amide bonds. The zero-order valence-corrected chi connectivity index (χ0v) is 50.9. The van der Waals surface area contributed by atoms with Crippen molar-refractivity contribution in [2.45, 2.75) is 201 Å². The van der Waals surface area contributed by atoms with Gasteiger partial charge in [0.15, 0.2) is 12.7 Å². The molecule has 0 bridgehead atoms. The van der Waals surface area contributed by atoms with Crippen molar-refractivity contribution in [1.29, 1.82) is 0 Å². The van der Waals surface area contributed by atoms with E-state index in [-0.39, 0.29) is 7.43 Å². The number of nitrogens with zero attached hydrogens (tertiary/aromatic N) is 16. The fourth-order valence-electron chi connectivity index (χ4n) is 1.11. The minimum absolute atomic E-state index is 0. The Morgan fingerprint density at radius 2 is 0.870 bits per heavy atom. The predicted octanol–water partition coefficient (Wildman–Crippen LogP) is 17.4. The van der Waals surface area contributed by atoms with E-state index in [0.717, 1.165) is 6.39 Å². The van der Waals surface area contributed by atoms with Crippen LogP contribution in [-0.2, 0) is 0 Å². The molecule has 0 radical (unpaired) electrons. The van der Waals surface area contributed by atoms with Gasteiger partial charge in [-0.2, -0.15) is 4.37 Å². The normalized spacial score (nSPS) is 5.86. The number of rotatable bonds is 0. The number of thiazole rings is 1. The van der Waals surface area contributed by atoms with Gasteiger partial charge in [-0.15, -0.1) is 48.2 Å². The molecule has 0 N–H and O–H groups in total. The minimum atomic E-state index is 0. The molecule has 20 nitrogen and oxygen atoms in total. The van der Waals surface area contributed by atoms with Gasteiger partial charge in [-0.3, -0.25) is 4.98 Å². The zero-order valence-electron chi connectivity index (χ0n) is 47.7. The van der Waals surface area contributed by atoms with Crippen LogP contribution in [-0.4, -0.2) is 80.2 Å². The van der Waals surface area contributed by atoms with Gasteiger partial charge < -0.3 is 17.9 Å². The molecule has 8 aromatic heterocycles. The molecule has 0 saturated heterocycles. The fraction of sp³-hybridized carbons (Fsp3) is 0.644. The van der Waals surface area contributed by atoms with Gasteiger partial charge in [0.2, 0.25) is 25.6 Å². The Morgan fingerprint density at radius 1 is 0.348 bits per heavy atom. The van der Waals surface area contributed by atoms with E-state index in [1.54, 1.807) is 51.3 Å². The van der Waals surface area contributed by atoms with Crippen LogP contribution in [0, 0.1) is 0 Å². The van der Waals surface area contributed by atoms with Gasteiger partial charge in [0.25, 0.3) is 0 Å². The van der Waals surface area contributed by atoms with Gasteiger partial charge in [0.1, 0.15) is 34.6 Å². The van der Waals surface area contributed by atoms with Crippen molar-refractivity contribution in [2.75, 3.05) is 0 Å². The highest BCUT2D eigenvalue weighted by Crippen LogP contribution is 1.86. The molecule has 0 aliphatic rings. The van der Waals surface area contributed by atoms with Crippen LogP contribution in [0.3, 0.4) is 0 Å². The molecule has 412 valence electrons. The van der Waals surface area contributed by atoms with Crippen LogP contribution in [0.5, 0.6) is 0 Å². The molecular weight excluding hydrogens is 957 g/mol. The summed E-state index contributed by atoms with van der Waals surface area (Å²) < 4.78 is 24.2. The van der Waals surface area contributed by atoms with E-state index in [1.807, 2.05) is 199 Å². The Bertz CT molecular complexity index is 861. The topological polar surface area (TPSA) is 259 Å². The molecule has 0 aliphatic heterocycles. The third-order valence-electron chi connectivity index (χ3n) is 2.28. The van der Waals surface area contributed by atoms with Crippen molar-refractivity contribution < 1.29 is 17.9 Å². The smallest absolute Gasteiger partial charge is 0.235 e. The summed E-state index contributed by atoms with van der Waals surface area (Å²) in [6, 6.07) is 0. The maximum atomic E-state index is 4.47. The molecule has 0 spiro atoms. The van der Waals surface area contributed by atoms with Crippen LogP contribution in [0.25, 0.3) is 0 Å². The molecule has 8 heterocycles. The van der Waals surface area contributed by atoms with Crippen molar-refractivity contribution in [3.8, 4) is 0 Å². The van der Waals surface area contributed by atoms with E-state index in [9.17, 15) is 0 Å². The predicted molar refractivity (Wildman–Crippen MR) is 302 cm³/mol. The molecule has 69 heavy (non-hydrogen) atoms. The first kappa shape index (κ1) is 106. The molecule has 8 aromatic rings. The van der Waals surface area contributed by atoms with Gasteiger partial charge in [0, 0.05) is 23.1 Å². The summed E-state index contributed by atoms with van der Waals surface area (Å²) in [6.07, 6.45) is 14.0. The van der Waals surface area contributed by atoms with Gasteiger partial charge in [-0.1, -0.05) is 216 Å². The Kier molecular flexibility index (Phi) is 303. The van der Waals surface area contributed by atoms with Crippen molar-refractivity contribution >= 4 is 45.7 Å². The van der Waals surface area contributed by atoms with E-state index < -0.39 is 0 Å². The second-order valence-electron chi connectivity index (χ2n) is 4.66. The molecule has 24 heteroatoms. The maximum absolute atomic E-state index is 4.47. The third-order valence-corrected chi connectivity index (χ3v) is 4.03. The average molecular weight is 1060 g/mol. The lowest BCUT2D eigenvalue weighted by Crippen LogP contribution is -1.61. The highest BCUT2D eigenvalue weighted by molar-refractivity contribution is 7.07. The van der Waals surface area contributed by atoms with Crippen LogP contribution in [0.2, 0.25) is 0 Å². The van der Waals surface area contributed by atoms with Crippen molar-refractivity contribution in [3.63, 3.8) is 0 Å². The number of hydrogen-bond acceptors (Lipinski definition) is 24. The fourth-order valence-corrected chi connectivity index (χ4v) is 2.21. The Balaban J connectivity index is -0.0000000346. The van der Waals surface area contributed by atoms with E-state index in [1.165, 1.54) is 78.9 Å². The number of oxazole rings is 1. The lowest BCUT2D eigenvalue weighted by molar-refractivity contribution is 0.392. The molecule has 8 rings (SSSR count). The van der Waals surface area contributed by atoms with Crippen LogP contribution in [0.1, 0.15) is 201 Å². The lowest BCUT2D eigenvalue weighted by Gasteiger charge is -1.47. The minimum Gasteiger partial charge on any atom is -0.452 e. The monoisotopic (exact) mass is 1060 g/mol. The van der Waals surface area contributed by atoms with Gasteiger partial charge in [-0.05, 0) is 22.0 Å². The largest absolute Gasteiger partial charge is 0.452 e. The molecule has 0 saturated carbocycles. The maximum Gasteiger partial charge on any atom is 0.235 e. The first-order valence-corrected chi connectivity index (χ1v) is 27.1. The number of aromatic nitrogens is 16. The molecule has 0 aromatic carbocycles. The number of hydrogen-bond donors (Lipinski definition) is 0. The molecule has 0 fully saturated rings. The molecule has 0 unspecified atom stereocenters. The highest BCUT2D eigenvalue weighted by Gasteiger charge is 1.64. The van der Waals surface area contributed by atoms with E-state index in [0.29, 0.717) is 0 Å². The summed E-state index contributed by atoms with van der Waals surface area (Å²) in [5.41, 5.74) is 8.40. The van der Waals surface area contributed by atoms with E-state index in [4.69, 9.17) is 0 Å². The Hall–Kier alpha value is -5.20. The highest BCUT2D eigenvalue weighted by atomic mass is 32.1. The van der Waals surface area contributed by atoms with Gasteiger partial charge in [0.05, 0.1) is 17.0 Å². The van der Waals surface area contributed by atoms with Crippen molar-refractivity contribution in [3.05, 3.63) is 96.2 Å². The quantitative estimate of drug-likeness (QED) is 0.137. The zero-order chi connectivity index (χ0) is 56.3. The second-order valence-corrected chi connectivity index (χ2v) is 7.33. The van der Waals surface area contributed by atoms with Gasteiger partial charge >= 0.3 is 0 Å². The van der Waals surface area contributed by atoms with E-state index >= 15 is 0 Å². The van der Waals surface area contributed by atoms with Crippen LogP contribution >= 0.6 is 45.7 Å². The van der Waals surface area contributed by atoms with Crippen LogP contribution in [0.15, 0.2) is 114 Å². The molecule has 0 atom stereocenters. The SMILES string of the molecule is C.CC.CC.CC.CC.CC.CC.CC.CC.CC.CC.CC.CC.CC.CC.c1cocn1.c1cscn1.c1ncon1.c1ncsn1.c1nnco1.c1nncs1.c1nnno1.c1nnns1. The third kappa shape index (κ3) is 192. The Labute approximate surface area is 439 Å². The van der Waals surface area contributed by atoms with Crippen LogP contribution in [0.4, 0.5) is 0 Å². The summed E-state index contributed by atoms with van der Waals surface area (Å²) in [5.74, 6) is 0. The summed E-state index contributed by atoms with van der Waals surface area (Å²) >= 11 is 5.69. The lowest BCUT2D eigenvalue weighted by atomic mass is 11.0. The van der Waals surface area contributed by atoms with Crippen molar-refractivity contribution in [1.82, 2.24) is 80.2 Å². The summed E-state index contributed by atoms with van der Waals surface area (Å²) in [4.78, 5) is 14.4. The van der Waals surface area contributed by atoms with E-state index in [2.05, 4.69) is 98.1 Å². The average Bonchev–Trinajstić information content (AvgIpc) is 4.33. The second kappa shape index (κ2) is 198. The first-order chi connectivity index (χ1) is 34.0. The Morgan fingerprint density at radius 3 is 0.986 bits per heavy atom.